The lowest BCUT2D eigenvalue weighted by Gasteiger charge is -2.05. The van der Waals surface area contributed by atoms with E-state index in [1.54, 1.807) is 0 Å². The second-order valence-electron chi connectivity index (χ2n) is 4.18. The van der Waals surface area contributed by atoms with Gasteiger partial charge in [-0.2, -0.15) is 0 Å². The molecule has 0 aliphatic heterocycles. The topological polar surface area (TPSA) is 26.0 Å². The maximum Gasteiger partial charge on any atom is 0.0635 e. The third kappa shape index (κ3) is 2.80. The summed E-state index contributed by atoms with van der Waals surface area (Å²) >= 11 is 5.91. The number of halogens is 1. The van der Waals surface area contributed by atoms with Gasteiger partial charge in [-0.1, -0.05) is 55.3 Å². The first-order valence-electron chi connectivity index (χ1n) is 5.85. The number of aryl methyl sites for hydroxylation is 1. The summed E-state index contributed by atoms with van der Waals surface area (Å²) in [5.74, 6) is 0. The van der Waals surface area contributed by atoms with Gasteiger partial charge in [-0.05, 0) is 35.2 Å². The van der Waals surface area contributed by atoms with Gasteiger partial charge in [0.05, 0.1) is 10.7 Å². The summed E-state index contributed by atoms with van der Waals surface area (Å²) in [4.78, 5) is 0. The molecule has 0 spiro atoms. The van der Waals surface area contributed by atoms with Crippen molar-refractivity contribution in [1.29, 1.82) is 0 Å². The number of rotatable bonds is 3. The highest BCUT2D eigenvalue weighted by atomic mass is 35.5. The van der Waals surface area contributed by atoms with Crippen molar-refractivity contribution in [2.45, 2.75) is 19.8 Å². The quantitative estimate of drug-likeness (QED) is 0.790. The molecule has 0 aliphatic carbocycles. The maximum absolute atomic E-state index is 5.91. The van der Waals surface area contributed by atoms with E-state index in [1.807, 2.05) is 18.2 Å². The fourth-order valence-corrected chi connectivity index (χ4v) is 1.99. The lowest BCUT2D eigenvalue weighted by Crippen LogP contribution is -1.88. The van der Waals surface area contributed by atoms with Crippen molar-refractivity contribution in [3.63, 3.8) is 0 Å². The number of hydrogen-bond acceptors (Lipinski definition) is 1. The number of hydrogen-bond donors (Lipinski definition) is 1. The Kier molecular flexibility index (Phi) is 3.70. The molecule has 88 valence electrons. The first-order chi connectivity index (χ1) is 8.20. The molecule has 0 atom stereocenters. The van der Waals surface area contributed by atoms with Crippen molar-refractivity contribution >= 4 is 17.3 Å². The van der Waals surface area contributed by atoms with Gasteiger partial charge in [0, 0.05) is 0 Å². The smallest absolute Gasteiger partial charge is 0.0635 e. The maximum atomic E-state index is 5.91. The standard InChI is InChI=1S/C15H16ClN/c1-2-3-11-4-6-12(7-5-11)13-8-9-14(16)15(17)10-13/h4-10H,2-3,17H2,1H3. The lowest BCUT2D eigenvalue weighted by molar-refractivity contribution is 0.922. The predicted molar refractivity (Wildman–Crippen MR) is 75.3 cm³/mol. The SMILES string of the molecule is CCCc1ccc(-c2ccc(Cl)c(N)c2)cc1. The molecule has 2 rings (SSSR count). The molecular weight excluding hydrogens is 230 g/mol. The van der Waals surface area contributed by atoms with Crippen molar-refractivity contribution in [2.75, 3.05) is 5.73 Å². The molecule has 0 bridgehead atoms. The Morgan fingerprint density at radius 3 is 2.24 bits per heavy atom. The van der Waals surface area contributed by atoms with Crippen LogP contribution >= 0.6 is 11.6 Å². The van der Waals surface area contributed by atoms with Gasteiger partial charge in [0.25, 0.3) is 0 Å². The molecule has 2 heteroatoms. The lowest BCUT2D eigenvalue weighted by atomic mass is 10.0. The molecule has 17 heavy (non-hydrogen) atoms. The van der Waals surface area contributed by atoms with E-state index >= 15 is 0 Å². The molecule has 0 unspecified atom stereocenters. The van der Waals surface area contributed by atoms with E-state index in [4.69, 9.17) is 17.3 Å². The third-order valence-electron chi connectivity index (χ3n) is 2.82. The van der Waals surface area contributed by atoms with E-state index in [1.165, 1.54) is 17.5 Å². The van der Waals surface area contributed by atoms with Crippen molar-refractivity contribution in [2.24, 2.45) is 0 Å². The summed E-state index contributed by atoms with van der Waals surface area (Å²) < 4.78 is 0. The molecule has 0 fully saturated rings. The van der Waals surface area contributed by atoms with E-state index in [2.05, 4.69) is 31.2 Å². The van der Waals surface area contributed by atoms with E-state index in [9.17, 15) is 0 Å². The van der Waals surface area contributed by atoms with Crippen LogP contribution in [0.1, 0.15) is 18.9 Å². The summed E-state index contributed by atoms with van der Waals surface area (Å²) in [6, 6.07) is 14.4. The number of nitrogens with two attached hydrogens (primary N) is 1. The fourth-order valence-electron chi connectivity index (χ4n) is 1.88. The van der Waals surface area contributed by atoms with Crippen LogP contribution in [0.3, 0.4) is 0 Å². The number of nitrogen functional groups attached to an aromatic ring is 1. The molecule has 2 aromatic carbocycles. The van der Waals surface area contributed by atoms with Crippen molar-refractivity contribution in [1.82, 2.24) is 0 Å². The predicted octanol–water partition coefficient (Wildman–Crippen LogP) is 4.54. The molecule has 0 amide bonds. The van der Waals surface area contributed by atoms with E-state index in [-0.39, 0.29) is 0 Å². The average molecular weight is 246 g/mol. The van der Waals surface area contributed by atoms with Gasteiger partial charge in [0.1, 0.15) is 0 Å². The second kappa shape index (κ2) is 5.24. The van der Waals surface area contributed by atoms with Crippen LogP contribution < -0.4 is 5.73 Å². The summed E-state index contributed by atoms with van der Waals surface area (Å²) in [6.07, 6.45) is 2.30. The average Bonchev–Trinajstić information content (AvgIpc) is 2.34. The molecule has 2 aromatic rings. The zero-order chi connectivity index (χ0) is 12.3. The Morgan fingerprint density at radius 2 is 1.65 bits per heavy atom. The van der Waals surface area contributed by atoms with E-state index in [0.29, 0.717) is 10.7 Å². The summed E-state index contributed by atoms with van der Waals surface area (Å²) in [5.41, 5.74) is 10.1. The largest absolute Gasteiger partial charge is 0.398 e. The van der Waals surface area contributed by atoms with Crippen molar-refractivity contribution in [3.8, 4) is 11.1 Å². The van der Waals surface area contributed by atoms with Crippen LogP contribution in [-0.4, -0.2) is 0 Å². The van der Waals surface area contributed by atoms with Gasteiger partial charge in [-0.15, -0.1) is 0 Å². The second-order valence-corrected chi connectivity index (χ2v) is 4.59. The first kappa shape index (κ1) is 12.0. The zero-order valence-corrected chi connectivity index (χ0v) is 10.7. The molecule has 0 radical (unpaired) electrons. The highest BCUT2D eigenvalue weighted by molar-refractivity contribution is 6.33. The van der Waals surface area contributed by atoms with Crippen molar-refractivity contribution < 1.29 is 0 Å². The third-order valence-corrected chi connectivity index (χ3v) is 3.17. The summed E-state index contributed by atoms with van der Waals surface area (Å²) in [5, 5.41) is 0.608. The van der Waals surface area contributed by atoms with Crippen molar-refractivity contribution in [3.05, 3.63) is 53.1 Å². The Hall–Kier alpha value is -1.47. The molecule has 0 aromatic heterocycles. The van der Waals surface area contributed by atoms with Gasteiger partial charge in [0.15, 0.2) is 0 Å². The van der Waals surface area contributed by atoms with E-state index < -0.39 is 0 Å². The van der Waals surface area contributed by atoms with Gasteiger partial charge in [-0.3, -0.25) is 0 Å². The van der Waals surface area contributed by atoms with E-state index in [0.717, 1.165) is 12.0 Å². The molecule has 0 saturated carbocycles. The molecule has 1 nitrogen and oxygen atoms in total. The minimum atomic E-state index is 0.608. The Labute approximate surface area is 107 Å². The fraction of sp³-hybridized carbons (Fsp3) is 0.200. The van der Waals surface area contributed by atoms with Crippen LogP contribution in [0.4, 0.5) is 5.69 Å². The van der Waals surface area contributed by atoms with Crippen LogP contribution in [-0.2, 0) is 6.42 Å². The van der Waals surface area contributed by atoms with Gasteiger partial charge in [-0.25, -0.2) is 0 Å². The van der Waals surface area contributed by atoms with Gasteiger partial charge in [0.2, 0.25) is 0 Å². The minimum Gasteiger partial charge on any atom is -0.398 e. The Bertz CT molecular complexity index is 503. The van der Waals surface area contributed by atoms with Crippen LogP contribution in [0, 0.1) is 0 Å². The zero-order valence-electron chi connectivity index (χ0n) is 9.91. The summed E-state index contributed by atoms with van der Waals surface area (Å²) in [7, 11) is 0. The summed E-state index contributed by atoms with van der Waals surface area (Å²) in [6.45, 7) is 2.19. The highest BCUT2D eigenvalue weighted by Gasteiger charge is 2.01. The molecule has 2 N–H and O–H groups in total. The van der Waals surface area contributed by atoms with Crippen LogP contribution in [0.5, 0.6) is 0 Å². The minimum absolute atomic E-state index is 0.608. The van der Waals surface area contributed by atoms with Gasteiger partial charge >= 0.3 is 0 Å². The number of anilines is 1. The molecule has 0 saturated heterocycles. The van der Waals surface area contributed by atoms with Crippen LogP contribution in [0.25, 0.3) is 11.1 Å². The highest BCUT2D eigenvalue weighted by Crippen LogP contribution is 2.26. The van der Waals surface area contributed by atoms with Crippen LogP contribution in [0.15, 0.2) is 42.5 Å². The first-order valence-corrected chi connectivity index (χ1v) is 6.23. The number of benzene rings is 2. The monoisotopic (exact) mass is 245 g/mol. The Balaban J connectivity index is 2.30. The molecule has 0 aliphatic rings. The Morgan fingerprint density at radius 1 is 1.00 bits per heavy atom. The van der Waals surface area contributed by atoms with Crippen LogP contribution in [0.2, 0.25) is 5.02 Å². The van der Waals surface area contributed by atoms with Gasteiger partial charge < -0.3 is 5.73 Å². The molecular formula is C15H16ClN. The normalized spacial score (nSPS) is 10.5. The molecule has 0 heterocycles.